The molecule has 0 bridgehead atoms. The summed E-state index contributed by atoms with van der Waals surface area (Å²) in [5, 5.41) is 11.6. The zero-order chi connectivity index (χ0) is 14.5. The average Bonchev–Trinajstić information content (AvgIpc) is 2.98. The molecule has 104 valence electrons. The van der Waals surface area contributed by atoms with E-state index in [0.717, 1.165) is 0 Å². The minimum absolute atomic E-state index is 0.0647. The predicted octanol–water partition coefficient (Wildman–Crippen LogP) is 1.38. The molecule has 0 spiro atoms. The molecular formula is C13H14N4O3. The summed E-state index contributed by atoms with van der Waals surface area (Å²) in [7, 11) is 0. The van der Waals surface area contributed by atoms with E-state index in [4.69, 9.17) is 5.11 Å². The predicted molar refractivity (Wildman–Crippen MR) is 70.3 cm³/mol. The lowest BCUT2D eigenvalue weighted by atomic mass is 10.2. The average molecular weight is 274 g/mol. The number of rotatable bonds is 5. The first kappa shape index (κ1) is 13.7. The van der Waals surface area contributed by atoms with Crippen LogP contribution in [0.1, 0.15) is 46.2 Å². The maximum atomic E-state index is 12.1. The highest BCUT2D eigenvalue weighted by Crippen LogP contribution is 2.12. The second kappa shape index (κ2) is 5.96. The van der Waals surface area contributed by atoms with Crippen LogP contribution in [0.15, 0.2) is 30.6 Å². The fourth-order valence-corrected chi connectivity index (χ4v) is 1.74. The van der Waals surface area contributed by atoms with E-state index in [1.54, 1.807) is 12.4 Å². The van der Waals surface area contributed by atoms with Crippen molar-refractivity contribution in [3.8, 4) is 0 Å². The van der Waals surface area contributed by atoms with Gasteiger partial charge in [0.25, 0.3) is 5.91 Å². The number of aromatic nitrogens is 3. The molecule has 3 N–H and O–H groups in total. The van der Waals surface area contributed by atoms with Crippen molar-refractivity contribution in [1.29, 1.82) is 0 Å². The van der Waals surface area contributed by atoms with Crippen LogP contribution < -0.4 is 5.32 Å². The van der Waals surface area contributed by atoms with Gasteiger partial charge in [-0.1, -0.05) is 13.0 Å². The maximum Gasteiger partial charge on any atom is 0.354 e. The van der Waals surface area contributed by atoms with Crippen molar-refractivity contribution in [3.63, 3.8) is 0 Å². The van der Waals surface area contributed by atoms with Gasteiger partial charge in [-0.3, -0.25) is 4.79 Å². The number of carboxylic acid groups (broad SMARTS) is 1. The van der Waals surface area contributed by atoms with Gasteiger partial charge in [0.1, 0.15) is 17.2 Å². The Bertz CT molecular complexity index is 610. The van der Waals surface area contributed by atoms with Crippen LogP contribution >= 0.6 is 0 Å². The summed E-state index contributed by atoms with van der Waals surface area (Å²) in [5.41, 5.74) is -0.0985. The summed E-state index contributed by atoms with van der Waals surface area (Å²) in [6.45, 7) is 1.91. The van der Waals surface area contributed by atoms with Gasteiger partial charge in [-0.05, 0) is 18.6 Å². The highest BCUT2D eigenvalue weighted by Gasteiger charge is 2.17. The van der Waals surface area contributed by atoms with E-state index in [1.807, 2.05) is 6.92 Å². The standard InChI is InChI=1S/C13H14N4O3/c1-2-8(11-14-6-7-15-11)17-12(18)9-4-3-5-10(16-9)13(19)20/h3-8H,2H2,1H3,(H,14,15)(H,17,18)(H,19,20). The van der Waals surface area contributed by atoms with Gasteiger partial charge in [-0.15, -0.1) is 0 Å². The number of pyridine rings is 1. The number of aromatic amines is 1. The van der Waals surface area contributed by atoms with Crippen LogP contribution in [-0.2, 0) is 0 Å². The Hall–Kier alpha value is -2.70. The molecule has 2 heterocycles. The molecule has 2 aromatic rings. The fourth-order valence-electron chi connectivity index (χ4n) is 1.74. The van der Waals surface area contributed by atoms with Crippen molar-refractivity contribution in [1.82, 2.24) is 20.3 Å². The summed E-state index contributed by atoms with van der Waals surface area (Å²) in [4.78, 5) is 33.7. The zero-order valence-corrected chi connectivity index (χ0v) is 10.8. The van der Waals surface area contributed by atoms with Crippen LogP contribution in [0.4, 0.5) is 0 Å². The number of nitrogens with one attached hydrogen (secondary N) is 2. The van der Waals surface area contributed by atoms with Gasteiger partial charge in [0.15, 0.2) is 0 Å². The quantitative estimate of drug-likeness (QED) is 0.763. The molecule has 1 amide bonds. The topological polar surface area (TPSA) is 108 Å². The number of carbonyl (C=O) groups excluding carboxylic acids is 1. The summed E-state index contributed by atoms with van der Waals surface area (Å²) in [5.74, 6) is -0.954. The molecule has 0 saturated heterocycles. The lowest BCUT2D eigenvalue weighted by Gasteiger charge is -2.14. The first-order valence-corrected chi connectivity index (χ1v) is 6.12. The van der Waals surface area contributed by atoms with Crippen LogP contribution in [0.3, 0.4) is 0 Å². The molecule has 0 fully saturated rings. The van der Waals surface area contributed by atoms with Crippen LogP contribution in [-0.4, -0.2) is 31.9 Å². The first-order chi connectivity index (χ1) is 9.61. The van der Waals surface area contributed by atoms with Gasteiger partial charge in [0.05, 0.1) is 6.04 Å². The summed E-state index contributed by atoms with van der Waals surface area (Å²) >= 11 is 0. The molecule has 0 radical (unpaired) electrons. The minimum Gasteiger partial charge on any atom is -0.477 e. The third-order valence-electron chi connectivity index (χ3n) is 2.76. The molecule has 0 saturated carbocycles. The molecule has 0 aliphatic rings. The number of hydrogen-bond donors (Lipinski definition) is 3. The largest absolute Gasteiger partial charge is 0.477 e. The molecule has 1 unspecified atom stereocenters. The van der Waals surface area contributed by atoms with Gasteiger partial charge in [-0.2, -0.15) is 0 Å². The molecule has 0 aliphatic heterocycles. The number of carbonyl (C=O) groups is 2. The zero-order valence-electron chi connectivity index (χ0n) is 10.8. The Kier molecular flexibility index (Phi) is 4.09. The lowest BCUT2D eigenvalue weighted by molar-refractivity contribution is 0.0690. The molecule has 2 aromatic heterocycles. The van der Waals surface area contributed by atoms with E-state index in [9.17, 15) is 9.59 Å². The number of imidazole rings is 1. The highest BCUT2D eigenvalue weighted by atomic mass is 16.4. The van der Waals surface area contributed by atoms with Gasteiger partial charge in [-0.25, -0.2) is 14.8 Å². The normalized spacial score (nSPS) is 11.8. The van der Waals surface area contributed by atoms with Crippen molar-refractivity contribution < 1.29 is 14.7 Å². The molecular weight excluding hydrogens is 260 g/mol. The second-order valence-electron chi connectivity index (χ2n) is 4.12. The summed E-state index contributed by atoms with van der Waals surface area (Å²) in [6.07, 6.45) is 3.93. The second-order valence-corrected chi connectivity index (χ2v) is 4.12. The van der Waals surface area contributed by atoms with E-state index in [1.165, 1.54) is 18.2 Å². The van der Waals surface area contributed by atoms with E-state index in [0.29, 0.717) is 12.2 Å². The van der Waals surface area contributed by atoms with E-state index >= 15 is 0 Å². The molecule has 0 aromatic carbocycles. The van der Waals surface area contributed by atoms with Crippen molar-refractivity contribution in [3.05, 3.63) is 47.8 Å². The highest BCUT2D eigenvalue weighted by molar-refractivity contribution is 5.94. The number of amides is 1. The molecule has 2 rings (SSSR count). The summed E-state index contributed by atoms with van der Waals surface area (Å²) < 4.78 is 0. The maximum absolute atomic E-state index is 12.1. The Morgan fingerprint density at radius 2 is 2.15 bits per heavy atom. The lowest BCUT2D eigenvalue weighted by Crippen LogP contribution is -2.29. The van der Waals surface area contributed by atoms with Crippen LogP contribution in [0.25, 0.3) is 0 Å². The van der Waals surface area contributed by atoms with Gasteiger partial charge < -0.3 is 15.4 Å². The molecule has 20 heavy (non-hydrogen) atoms. The Balaban J connectivity index is 2.15. The smallest absolute Gasteiger partial charge is 0.354 e. The minimum atomic E-state index is -1.17. The Labute approximate surface area is 115 Å². The van der Waals surface area contributed by atoms with Gasteiger partial charge in [0, 0.05) is 12.4 Å². The SMILES string of the molecule is CCC(NC(=O)c1cccc(C(=O)O)n1)c1ncc[nH]1. The van der Waals surface area contributed by atoms with Crippen molar-refractivity contribution in [2.75, 3.05) is 0 Å². The van der Waals surface area contributed by atoms with E-state index in [2.05, 4.69) is 20.3 Å². The van der Waals surface area contributed by atoms with Crippen LogP contribution in [0.5, 0.6) is 0 Å². The summed E-state index contributed by atoms with van der Waals surface area (Å²) in [6, 6.07) is 4.02. The first-order valence-electron chi connectivity index (χ1n) is 6.12. The number of hydrogen-bond acceptors (Lipinski definition) is 4. The molecule has 0 aliphatic carbocycles. The van der Waals surface area contributed by atoms with E-state index in [-0.39, 0.29) is 17.4 Å². The monoisotopic (exact) mass is 274 g/mol. The fraction of sp³-hybridized carbons (Fsp3) is 0.231. The van der Waals surface area contributed by atoms with E-state index < -0.39 is 11.9 Å². The van der Waals surface area contributed by atoms with Gasteiger partial charge >= 0.3 is 5.97 Å². The van der Waals surface area contributed by atoms with Crippen molar-refractivity contribution in [2.45, 2.75) is 19.4 Å². The number of nitrogens with zero attached hydrogens (tertiary/aromatic N) is 2. The number of H-pyrrole nitrogens is 1. The third kappa shape index (κ3) is 3.00. The van der Waals surface area contributed by atoms with Crippen molar-refractivity contribution >= 4 is 11.9 Å². The third-order valence-corrected chi connectivity index (χ3v) is 2.76. The Morgan fingerprint density at radius 1 is 1.40 bits per heavy atom. The van der Waals surface area contributed by atoms with Gasteiger partial charge in [0.2, 0.25) is 0 Å². The molecule has 1 atom stereocenters. The Morgan fingerprint density at radius 3 is 2.75 bits per heavy atom. The van der Waals surface area contributed by atoms with Crippen LogP contribution in [0.2, 0.25) is 0 Å². The number of carboxylic acids is 1. The van der Waals surface area contributed by atoms with Crippen molar-refractivity contribution in [2.24, 2.45) is 0 Å². The molecule has 7 nitrogen and oxygen atoms in total. The number of aromatic carboxylic acids is 1. The van der Waals surface area contributed by atoms with Crippen LogP contribution in [0, 0.1) is 0 Å². The molecule has 7 heteroatoms.